The Balaban J connectivity index is 1.91. The first kappa shape index (κ1) is 21.2. The van der Waals surface area contributed by atoms with Crippen molar-refractivity contribution in [2.24, 2.45) is 5.41 Å². The van der Waals surface area contributed by atoms with E-state index in [4.69, 9.17) is 0 Å². The second kappa shape index (κ2) is 8.44. The van der Waals surface area contributed by atoms with Gasteiger partial charge in [-0.05, 0) is 55.0 Å². The predicted molar refractivity (Wildman–Crippen MR) is 115 cm³/mol. The van der Waals surface area contributed by atoms with Gasteiger partial charge in [0.25, 0.3) is 0 Å². The zero-order chi connectivity index (χ0) is 21.2. The number of aryl methyl sites for hydroxylation is 1. The maximum atomic E-state index is 13.4. The Labute approximate surface area is 173 Å². The van der Waals surface area contributed by atoms with E-state index in [1.807, 2.05) is 12.1 Å². The smallest absolute Gasteiger partial charge is 0.407 e. The first-order chi connectivity index (χ1) is 13.6. The molecule has 1 aliphatic rings. The molecule has 1 aliphatic heterocycles. The number of rotatable bonds is 4. The summed E-state index contributed by atoms with van der Waals surface area (Å²) >= 11 is 0. The lowest BCUT2D eigenvalue weighted by Crippen LogP contribution is -2.56. The van der Waals surface area contributed by atoms with Gasteiger partial charge in [-0.25, -0.2) is 9.18 Å². The van der Waals surface area contributed by atoms with E-state index < -0.39 is 6.09 Å². The van der Waals surface area contributed by atoms with Gasteiger partial charge in [0.05, 0.1) is 0 Å². The number of hydrogen-bond acceptors (Lipinski definition) is 2. The highest BCUT2D eigenvalue weighted by Crippen LogP contribution is 2.36. The average molecular weight is 399 g/mol. The van der Waals surface area contributed by atoms with Crippen LogP contribution in [0, 0.1) is 18.2 Å². The summed E-state index contributed by atoms with van der Waals surface area (Å²) in [5.74, 6) is -0.238. The molecule has 0 saturated carbocycles. The lowest BCUT2D eigenvalue weighted by Gasteiger charge is -2.48. The van der Waals surface area contributed by atoms with Crippen molar-refractivity contribution in [2.75, 3.05) is 11.4 Å². The van der Waals surface area contributed by atoms with Crippen LogP contribution in [0.2, 0.25) is 0 Å². The van der Waals surface area contributed by atoms with Crippen LogP contribution >= 0.6 is 0 Å². The van der Waals surface area contributed by atoms with Gasteiger partial charge in [0.1, 0.15) is 5.82 Å². The van der Waals surface area contributed by atoms with Gasteiger partial charge in [0.15, 0.2) is 0 Å². The number of amides is 1. The summed E-state index contributed by atoms with van der Waals surface area (Å²) in [5.41, 5.74) is 3.20. The van der Waals surface area contributed by atoms with Crippen molar-refractivity contribution in [3.63, 3.8) is 0 Å². The number of piperidine rings is 1. The Hall–Kier alpha value is -2.56. The summed E-state index contributed by atoms with van der Waals surface area (Å²) < 4.78 is 13.4. The molecule has 0 radical (unpaired) electrons. The van der Waals surface area contributed by atoms with E-state index in [2.05, 4.69) is 56.9 Å². The predicted octanol–water partition coefficient (Wildman–Crippen LogP) is 5.70. The third-order valence-electron chi connectivity index (χ3n) is 5.89. The minimum Gasteiger partial charge on any atom is -0.465 e. The maximum Gasteiger partial charge on any atom is 0.407 e. The van der Waals surface area contributed by atoms with Crippen LogP contribution < -0.4 is 4.90 Å². The fourth-order valence-electron chi connectivity index (χ4n) is 4.23. The molecule has 1 fully saturated rings. The molecule has 0 aromatic heterocycles. The van der Waals surface area contributed by atoms with E-state index in [0.29, 0.717) is 13.1 Å². The van der Waals surface area contributed by atoms with Crippen LogP contribution in [0.4, 0.5) is 14.9 Å². The number of nitrogens with zero attached hydrogens (tertiary/aromatic N) is 2. The summed E-state index contributed by atoms with van der Waals surface area (Å²) in [6.45, 7) is 9.56. The van der Waals surface area contributed by atoms with Crippen LogP contribution in [0.15, 0.2) is 48.5 Å². The van der Waals surface area contributed by atoms with Crippen molar-refractivity contribution in [1.29, 1.82) is 0 Å². The highest BCUT2D eigenvalue weighted by Gasteiger charge is 2.40. The molecule has 0 aliphatic carbocycles. The SMILES string of the molecule is Cc1ccc(N(Cc2ccc(F)cc2)C2CCN(C(=O)O)C(C(C)(C)C)C2)cc1. The summed E-state index contributed by atoms with van der Waals surface area (Å²) in [5, 5.41) is 9.68. The van der Waals surface area contributed by atoms with Gasteiger partial charge in [0.2, 0.25) is 0 Å². The molecule has 4 nitrogen and oxygen atoms in total. The number of anilines is 1. The standard InChI is InChI=1S/C24H31FN2O2/c1-17-5-11-20(12-6-17)27(16-18-7-9-19(25)10-8-18)21-13-14-26(23(28)29)22(15-21)24(2,3)4/h5-12,21-22H,13-16H2,1-4H3,(H,28,29). The molecule has 2 aromatic rings. The van der Waals surface area contributed by atoms with Gasteiger partial charge in [-0.2, -0.15) is 0 Å². The summed E-state index contributed by atoms with van der Waals surface area (Å²) in [6, 6.07) is 15.2. The molecule has 0 spiro atoms. The third kappa shape index (κ3) is 5.08. The average Bonchev–Trinajstić information content (AvgIpc) is 2.67. The Morgan fingerprint density at radius 3 is 2.31 bits per heavy atom. The maximum absolute atomic E-state index is 13.4. The molecule has 2 aromatic carbocycles. The molecule has 1 N–H and O–H groups in total. The van der Waals surface area contributed by atoms with Gasteiger partial charge < -0.3 is 14.9 Å². The highest BCUT2D eigenvalue weighted by atomic mass is 19.1. The molecule has 5 heteroatoms. The van der Waals surface area contributed by atoms with Crippen molar-refractivity contribution in [1.82, 2.24) is 4.90 Å². The molecule has 3 rings (SSSR count). The molecular weight excluding hydrogens is 367 g/mol. The van der Waals surface area contributed by atoms with E-state index in [0.717, 1.165) is 24.1 Å². The second-order valence-corrected chi connectivity index (χ2v) is 9.13. The molecule has 1 heterocycles. The van der Waals surface area contributed by atoms with Crippen molar-refractivity contribution in [3.05, 3.63) is 65.5 Å². The summed E-state index contributed by atoms with van der Waals surface area (Å²) in [6.07, 6.45) is 0.697. The molecule has 29 heavy (non-hydrogen) atoms. The van der Waals surface area contributed by atoms with Gasteiger partial charge in [-0.1, -0.05) is 50.6 Å². The number of halogens is 1. The molecule has 1 saturated heterocycles. The van der Waals surface area contributed by atoms with Gasteiger partial charge >= 0.3 is 6.09 Å². The molecule has 2 unspecified atom stereocenters. The Bertz CT molecular complexity index is 827. The van der Waals surface area contributed by atoms with Crippen LogP contribution in [0.1, 0.15) is 44.7 Å². The first-order valence-electron chi connectivity index (χ1n) is 10.2. The Morgan fingerprint density at radius 1 is 1.14 bits per heavy atom. The Kier molecular flexibility index (Phi) is 6.15. The van der Waals surface area contributed by atoms with Crippen LogP contribution in [0.3, 0.4) is 0 Å². The van der Waals surface area contributed by atoms with Crippen LogP contribution in [-0.4, -0.2) is 34.7 Å². The quantitative estimate of drug-likeness (QED) is 0.719. The van der Waals surface area contributed by atoms with Crippen LogP contribution in [0.5, 0.6) is 0 Å². The van der Waals surface area contributed by atoms with E-state index in [-0.39, 0.29) is 23.3 Å². The van der Waals surface area contributed by atoms with Crippen molar-refractivity contribution in [2.45, 2.75) is 59.2 Å². The zero-order valence-corrected chi connectivity index (χ0v) is 17.7. The number of carbonyl (C=O) groups is 1. The van der Waals surface area contributed by atoms with Crippen molar-refractivity contribution < 1.29 is 14.3 Å². The summed E-state index contributed by atoms with van der Waals surface area (Å²) in [7, 11) is 0. The summed E-state index contributed by atoms with van der Waals surface area (Å²) in [4.78, 5) is 15.7. The van der Waals surface area contributed by atoms with E-state index in [9.17, 15) is 14.3 Å². The minimum atomic E-state index is -0.844. The highest BCUT2D eigenvalue weighted by molar-refractivity contribution is 5.66. The normalized spacial score (nSPS) is 19.8. The van der Waals surface area contributed by atoms with Crippen LogP contribution in [-0.2, 0) is 6.54 Å². The fourth-order valence-corrected chi connectivity index (χ4v) is 4.23. The van der Waals surface area contributed by atoms with Crippen molar-refractivity contribution in [3.8, 4) is 0 Å². The fraction of sp³-hybridized carbons (Fsp3) is 0.458. The molecular formula is C24H31FN2O2. The molecule has 0 bridgehead atoms. The van der Waals surface area contributed by atoms with E-state index in [1.54, 1.807) is 4.90 Å². The molecule has 2 atom stereocenters. The number of likely N-dealkylation sites (tertiary alicyclic amines) is 1. The number of benzene rings is 2. The zero-order valence-electron chi connectivity index (χ0n) is 17.7. The number of hydrogen-bond donors (Lipinski definition) is 1. The van der Waals surface area contributed by atoms with Gasteiger partial charge in [-0.3, -0.25) is 0 Å². The Morgan fingerprint density at radius 2 is 1.76 bits per heavy atom. The molecule has 1 amide bonds. The van der Waals surface area contributed by atoms with Gasteiger partial charge in [-0.15, -0.1) is 0 Å². The van der Waals surface area contributed by atoms with E-state index in [1.165, 1.54) is 17.7 Å². The third-order valence-corrected chi connectivity index (χ3v) is 5.89. The monoisotopic (exact) mass is 398 g/mol. The second-order valence-electron chi connectivity index (χ2n) is 9.13. The topological polar surface area (TPSA) is 43.8 Å². The lowest BCUT2D eigenvalue weighted by atomic mass is 9.78. The van der Waals surface area contributed by atoms with Crippen LogP contribution in [0.25, 0.3) is 0 Å². The van der Waals surface area contributed by atoms with E-state index >= 15 is 0 Å². The van der Waals surface area contributed by atoms with Gasteiger partial charge in [0, 0.05) is 30.9 Å². The first-order valence-corrected chi connectivity index (χ1v) is 10.2. The number of carboxylic acid groups (broad SMARTS) is 1. The van der Waals surface area contributed by atoms with Crippen molar-refractivity contribution >= 4 is 11.8 Å². The minimum absolute atomic E-state index is 0.0556. The largest absolute Gasteiger partial charge is 0.465 e. The lowest BCUT2D eigenvalue weighted by molar-refractivity contribution is 0.0520. The molecule has 156 valence electrons.